The fourth-order valence-electron chi connectivity index (χ4n) is 0.459. The maximum absolute atomic E-state index is 11.5. The summed E-state index contributed by atoms with van der Waals surface area (Å²) in [6.07, 6.45) is 0. The molecule has 0 aromatic rings. The molecule has 2 nitrogen and oxygen atoms in total. The molecule has 0 saturated heterocycles. The van der Waals surface area contributed by atoms with Gasteiger partial charge in [0, 0.05) is 18.6 Å². The summed E-state index contributed by atoms with van der Waals surface area (Å²) in [5.74, 6) is -0.676. The van der Waals surface area contributed by atoms with Crippen molar-refractivity contribution in [1.82, 2.24) is 0 Å². The maximum atomic E-state index is 11.5. The summed E-state index contributed by atoms with van der Waals surface area (Å²) < 4.78 is 16.4. The molecule has 0 aromatic carbocycles. The number of hydrogen-bond acceptors (Lipinski definition) is 4. The zero-order valence-corrected chi connectivity index (χ0v) is 9.02. The van der Waals surface area contributed by atoms with Gasteiger partial charge in [0.2, 0.25) is 0 Å². The molecular formula is C5H13O2PS2. The lowest BCUT2D eigenvalue weighted by Crippen LogP contribution is -1.76. The highest BCUT2D eigenvalue weighted by Gasteiger charge is 2.20. The second-order valence-corrected chi connectivity index (χ2v) is 9.52. The highest BCUT2D eigenvalue weighted by Crippen LogP contribution is 2.68. The van der Waals surface area contributed by atoms with Gasteiger partial charge in [0.1, 0.15) is 0 Å². The second kappa shape index (κ2) is 5.53. The summed E-state index contributed by atoms with van der Waals surface area (Å²) in [6.45, 7) is 3.96. The van der Waals surface area contributed by atoms with Gasteiger partial charge in [0.05, 0.1) is 0 Å². The van der Waals surface area contributed by atoms with Gasteiger partial charge in [-0.05, 0) is 0 Å². The minimum Gasteiger partial charge on any atom is -0.317 e. The average Bonchev–Trinajstić information content (AvgIpc) is 1.89. The van der Waals surface area contributed by atoms with Gasteiger partial charge in [-0.2, -0.15) is 0 Å². The first-order chi connectivity index (χ1) is 4.68. The molecule has 0 aliphatic heterocycles. The Hall–Kier alpha value is 0.890. The van der Waals surface area contributed by atoms with Gasteiger partial charge in [0.25, 0.3) is 0 Å². The quantitative estimate of drug-likeness (QED) is 0.636. The topological polar surface area (TPSA) is 26.3 Å². The molecule has 0 fully saturated rings. The molecule has 0 aliphatic rings. The molecule has 0 unspecified atom stereocenters. The van der Waals surface area contributed by atoms with Crippen molar-refractivity contribution >= 4 is 28.5 Å². The van der Waals surface area contributed by atoms with Crippen molar-refractivity contribution in [2.45, 2.75) is 13.8 Å². The highest BCUT2D eigenvalue weighted by atomic mass is 33.1. The van der Waals surface area contributed by atoms with E-state index in [1.807, 2.05) is 13.8 Å². The van der Waals surface area contributed by atoms with Crippen LogP contribution >= 0.6 is 28.5 Å². The summed E-state index contributed by atoms with van der Waals surface area (Å²) in [6, 6.07) is 0. The summed E-state index contributed by atoms with van der Waals surface area (Å²) in [5.41, 5.74) is 0. The molecule has 0 atom stereocenters. The molecule has 0 aliphatic carbocycles. The standard InChI is InChI=1S/C5H13O2PS2/c1-4-9-8(6,7-3)10-5-2/h4-5H2,1-3H3. The van der Waals surface area contributed by atoms with E-state index >= 15 is 0 Å². The largest absolute Gasteiger partial charge is 0.317 e. The van der Waals surface area contributed by atoms with Crippen LogP contribution in [0.5, 0.6) is 0 Å². The zero-order valence-electron chi connectivity index (χ0n) is 6.49. The van der Waals surface area contributed by atoms with Crippen LogP contribution in [0.1, 0.15) is 13.8 Å². The number of rotatable bonds is 5. The lowest BCUT2D eigenvalue weighted by atomic mass is 11.0. The third-order valence-corrected chi connectivity index (χ3v) is 8.63. The molecule has 0 heterocycles. The molecule has 0 N–H and O–H groups in total. The van der Waals surface area contributed by atoms with Gasteiger partial charge in [-0.1, -0.05) is 36.6 Å². The normalized spacial score (nSPS) is 11.9. The predicted octanol–water partition coefficient (Wildman–Crippen LogP) is 3.25. The Balaban J connectivity index is 3.83. The molecule has 0 bridgehead atoms. The van der Waals surface area contributed by atoms with Crippen molar-refractivity contribution in [3.63, 3.8) is 0 Å². The van der Waals surface area contributed by atoms with Gasteiger partial charge in [-0.25, -0.2) is 0 Å². The Morgan fingerprint density at radius 1 is 1.30 bits per heavy atom. The van der Waals surface area contributed by atoms with Crippen molar-refractivity contribution in [2.24, 2.45) is 0 Å². The first-order valence-electron chi connectivity index (χ1n) is 3.13. The van der Waals surface area contributed by atoms with E-state index in [1.165, 1.54) is 29.9 Å². The van der Waals surface area contributed by atoms with E-state index in [9.17, 15) is 4.57 Å². The third kappa shape index (κ3) is 3.91. The first kappa shape index (κ1) is 10.9. The van der Waals surface area contributed by atoms with Crippen molar-refractivity contribution in [3.8, 4) is 0 Å². The van der Waals surface area contributed by atoms with Gasteiger partial charge in [0.15, 0.2) is 0 Å². The summed E-state index contributed by atoms with van der Waals surface area (Å²) >= 11 is 2.80. The van der Waals surface area contributed by atoms with Crippen molar-refractivity contribution in [3.05, 3.63) is 0 Å². The molecule has 0 rings (SSSR count). The highest BCUT2D eigenvalue weighted by molar-refractivity contribution is 8.89. The van der Waals surface area contributed by atoms with E-state index in [1.54, 1.807) is 0 Å². The van der Waals surface area contributed by atoms with Crippen LogP contribution in [0.25, 0.3) is 0 Å². The summed E-state index contributed by atoms with van der Waals surface area (Å²) in [7, 11) is 1.51. The Kier molecular flexibility index (Phi) is 6.02. The van der Waals surface area contributed by atoms with Crippen LogP contribution in [0.3, 0.4) is 0 Å². The third-order valence-electron chi connectivity index (χ3n) is 0.798. The second-order valence-electron chi connectivity index (χ2n) is 1.47. The van der Waals surface area contributed by atoms with Crippen molar-refractivity contribution in [2.75, 3.05) is 18.6 Å². The smallest absolute Gasteiger partial charge is 0.312 e. The van der Waals surface area contributed by atoms with E-state index in [0.717, 1.165) is 11.5 Å². The van der Waals surface area contributed by atoms with Crippen molar-refractivity contribution < 1.29 is 9.09 Å². The fraction of sp³-hybridized carbons (Fsp3) is 1.00. The van der Waals surface area contributed by atoms with Gasteiger partial charge in [-0.15, -0.1) is 0 Å². The SMILES string of the molecule is CCSP(=O)(OC)SCC. The van der Waals surface area contributed by atoms with E-state index in [2.05, 4.69) is 0 Å². The Labute approximate surface area is 70.4 Å². The van der Waals surface area contributed by atoms with Crippen LogP contribution in [0.4, 0.5) is 0 Å². The van der Waals surface area contributed by atoms with Crippen LogP contribution in [0, 0.1) is 0 Å². The zero-order chi connectivity index (χ0) is 8.04. The summed E-state index contributed by atoms with van der Waals surface area (Å²) in [5, 5.41) is 0. The molecule has 0 radical (unpaired) electrons. The first-order valence-corrected chi connectivity index (χ1v) is 7.94. The Bertz CT molecular complexity index is 119. The van der Waals surface area contributed by atoms with E-state index < -0.39 is 5.77 Å². The monoisotopic (exact) mass is 200 g/mol. The van der Waals surface area contributed by atoms with Crippen LogP contribution in [0.2, 0.25) is 0 Å². The predicted molar refractivity (Wildman–Crippen MR) is 50.9 cm³/mol. The molecule has 0 saturated carbocycles. The summed E-state index contributed by atoms with van der Waals surface area (Å²) in [4.78, 5) is 0. The molecule has 5 heteroatoms. The van der Waals surface area contributed by atoms with Gasteiger partial charge >= 0.3 is 5.77 Å². The lowest BCUT2D eigenvalue weighted by molar-refractivity contribution is 0.424. The molecular weight excluding hydrogens is 187 g/mol. The van der Waals surface area contributed by atoms with Crippen LogP contribution < -0.4 is 0 Å². The van der Waals surface area contributed by atoms with Crippen LogP contribution in [-0.2, 0) is 9.09 Å². The van der Waals surface area contributed by atoms with Gasteiger partial charge in [-0.3, -0.25) is 4.57 Å². The van der Waals surface area contributed by atoms with Gasteiger partial charge < -0.3 is 4.52 Å². The molecule has 0 spiro atoms. The minimum absolute atomic E-state index is 0.845. The van der Waals surface area contributed by atoms with E-state index in [0.29, 0.717) is 0 Å². The average molecular weight is 200 g/mol. The Morgan fingerprint density at radius 3 is 1.90 bits per heavy atom. The molecule has 0 aromatic heterocycles. The van der Waals surface area contributed by atoms with Crippen molar-refractivity contribution in [1.29, 1.82) is 0 Å². The van der Waals surface area contributed by atoms with Crippen LogP contribution in [0.15, 0.2) is 0 Å². The maximum Gasteiger partial charge on any atom is 0.312 e. The Morgan fingerprint density at radius 2 is 1.70 bits per heavy atom. The van der Waals surface area contributed by atoms with E-state index in [4.69, 9.17) is 4.52 Å². The fourth-order valence-corrected chi connectivity index (χ4v) is 6.70. The minimum atomic E-state index is -2.37. The number of hydrogen-bond donors (Lipinski definition) is 0. The molecule has 0 amide bonds. The lowest BCUT2D eigenvalue weighted by Gasteiger charge is -2.11. The molecule has 10 heavy (non-hydrogen) atoms. The van der Waals surface area contributed by atoms with E-state index in [-0.39, 0.29) is 0 Å². The van der Waals surface area contributed by atoms with Crippen LogP contribution in [-0.4, -0.2) is 18.6 Å². The molecule has 62 valence electrons.